The second-order valence-corrected chi connectivity index (χ2v) is 8.31. The van der Waals surface area contributed by atoms with E-state index in [1.165, 1.54) is 31.2 Å². The summed E-state index contributed by atoms with van der Waals surface area (Å²) in [6, 6.07) is 9.91. The number of imide groups is 1. The van der Waals surface area contributed by atoms with Crippen LogP contribution in [0.3, 0.4) is 0 Å². The van der Waals surface area contributed by atoms with E-state index in [0.717, 1.165) is 14.9 Å². The predicted octanol–water partition coefficient (Wildman–Crippen LogP) is 3.00. The topological polar surface area (TPSA) is 87.7 Å². The van der Waals surface area contributed by atoms with Crippen LogP contribution < -0.4 is 15.4 Å². The van der Waals surface area contributed by atoms with E-state index in [1.807, 2.05) is 18.2 Å². The van der Waals surface area contributed by atoms with Crippen molar-refractivity contribution in [3.63, 3.8) is 0 Å². The number of nitrogens with one attached hydrogen (secondary N) is 2. The van der Waals surface area contributed by atoms with E-state index >= 15 is 0 Å². The monoisotopic (exact) mass is 475 g/mol. The van der Waals surface area contributed by atoms with Gasteiger partial charge in [-0.05, 0) is 42.8 Å². The molecule has 2 aliphatic heterocycles. The highest BCUT2D eigenvalue weighted by Crippen LogP contribution is 2.34. The number of benzene rings is 2. The van der Waals surface area contributed by atoms with Crippen LogP contribution in [0.1, 0.15) is 30.5 Å². The number of carbonyl (C=O) groups excluding carboxylic acids is 3. The molecule has 2 unspecified atom stereocenters. The lowest BCUT2D eigenvalue weighted by atomic mass is 9.92. The van der Waals surface area contributed by atoms with Crippen molar-refractivity contribution in [2.45, 2.75) is 24.9 Å². The number of halogens is 2. The zero-order valence-electron chi connectivity index (χ0n) is 16.1. The molecule has 2 aromatic carbocycles. The fraction of sp³-hybridized carbons (Fsp3) is 0.286. The van der Waals surface area contributed by atoms with Crippen molar-refractivity contribution < 1.29 is 23.5 Å². The third kappa shape index (κ3) is 3.65. The molecule has 2 aliphatic rings. The van der Waals surface area contributed by atoms with Crippen molar-refractivity contribution in [1.82, 2.24) is 15.5 Å². The lowest BCUT2D eigenvalue weighted by Crippen LogP contribution is -2.44. The van der Waals surface area contributed by atoms with Gasteiger partial charge >= 0.3 is 6.03 Å². The highest BCUT2D eigenvalue weighted by atomic mass is 79.9. The minimum absolute atomic E-state index is 0.289. The van der Waals surface area contributed by atoms with Crippen LogP contribution in [0.4, 0.5) is 9.18 Å². The Morgan fingerprint density at radius 3 is 2.77 bits per heavy atom. The largest absolute Gasteiger partial charge is 0.493 e. The number of carbonyl (C=O) groups is 3. The highest BCUT2D eigenvalue weighted by Gasteiger charge is 2.49. The molecule has 7 nitrogen and oxygen atoms in total. The molecule has 9 heteroatoms. The van der Waals surface area contributed by atoms with Crippen molar-refractivity contribution in [3.8, 4) is 5.75 Å². The first-order chi connectivity index (χ1) is 14.3. The van der Waals surface area contributed by atoms with E-state index < -0.39 is 35.7 Å². The van der Waals surface area contributed by atoms with E-state index in [-0.39, 0.29) is 6.04 Å². The minimum atomic E-state index is -1.36. The van der Waals surface area contributed by atoms with Crippen LogP contribution in [0.15, 0.2) is 46.9 Å². The van der Waals surface area contributed by atoms with Gasteiger partial charge in [-0.3, -0.25) is 14.5 Å². The molecule has 2 atom stereocenters. The summed E-state index contributed by atoms with van der Waals surface area (Å²) in [7, 11) is 0. The maximum Gasteiger partial charge on any atom is 0.325 e. The number of rotatable bonds is 4. The molecule has 0 spiro atoms. The third-order valence-electron chi connectivity index (χ3n) is 5.34. The van der Waals surface area contributed by atoms with E-state index in [0.29, 0.717) is 24.3 Å². The summed E-state index contributed by atoms with van der Waals surface area (Å²) in [4.78, 5) is 38.9. The molecule has 0 bridgehead atoms. The molecule has 0 aliphatic carbocycles. The Bertz CT molecular complexity index is 1030. The van der Waals surface area contributed by atoms with E-state index in [9.17, 15) is 18.8 Å². The van der Waals surface area contributed by atoms with Crippen molar-refractivity contribution in [2.24, 2.45) is 0 Å². The summed E-state index contributed by atoms with van der Waals surface area (Å²) < 4.78 is 19.7. The lowest BCUT2D eigenvalue weighted by Gasteiger charge is -2.27. The van der Waals surface area contributed by atoms with Gasteiger partial charge in [0.05, 0.1) is 12.6 Å². The first-order valence-electron chi connectivity index (χ1n) is 9.40. The lowest BCUT2D eigenvalue weighted by molar-refractivity contribution is -0.135. The van der Waals surface area contributed by atoms with Crippen LogP contribution in [-0.2, 0) is 15.1 Å². The molecule has 2 heterocycles. The molecule has 30 heavy (non-hydrogen) atoms. The summed E-state index contributed by atoms with van der Waals surface area (Å²) in [5, 5.41) is 5.49. The molecule has 4 rings (SSSR count). The van der Waals surface area contributed by atoms with Gasteiger partial charge in [-0.15, -0.1) is 0 Å². The SMILES string of the molecule is CC1(c2ccc(F)cc2)NC(=O)N(CC(=O)NC2CCOc3ccc(Br)cc32)C1=O. The maximum absolute atomic E-state index is 13.2. The van der Waals surface area contributed by atoms with Crippen molar-refractivity contribution in [1.29, 1.82) is 0 Å². The van der Waals surface area contributed by atoms with Crippen molar-refractivity contribution >= 4 is 33.8 Å². The van der Waals surface area contributed by atoms with Gasteiger partial charge in [-0.2, -0.15) is 0 Å². The fourth-order valence-corrected chi connectivity index (χ4v) is 4.10. The average Bonchev–Trinajstić information content (AvgIpc) is 2.93. The van der Waals surface area contributed by atoms with Gasteiger partial charge in [0.25, 0.3) is 5.91 Å². The van der Waals surface area contributed by atoms with Gasteiger partial charge in [-0.25, -0.2) is 9.18 Å². The van der Waals surface area contributed by atoms with Crippen LogP contribution >= 0.6 is 15.9 Å². The van der Waals surface area contributed by atoms with Crippen molar-refractivity contribution in [2.75, 3.05) is 13.2 Å². The Hall–Kier alpha value is -2.94. The van der Waals surface area contributed by atoms with Crippen LogP contribution in [0.2, 0.25) is 0 Å². The summed E-state index contributed by atoms with van der Waals surface area (Å²) in [6.45, 7) is 1.57. The fourth-order valence-electron chi connectivity index (χ4n) is 3.72. The van der Waals surface area contributed by atoms with E-state index in [4.69, 9.17) is 4.74 Å². The normalized spacial score (nSPS) is 22.9. The van der Waals surface area contributed by atoms with Crippen LogP contribution in [0, 0.1) is 5.82 Å². The Kier molecular flexibility index (Phi) is 5.23. The Labute approximate surface area is 180 Å². The second-order valence-electron chi connectivity index (χ2n) is 7.39. The molecule has 1 fully saturated rings. The summed E-state index contributed by atoms with van der Waals surface area (Å²) in [6.07, 6.45) is 0.572. The van der Waals surface area contributed by atoms with Gasteiger partial charge < -0.3 is 15.4 Å². The number of fused-ring (bicyclic) bond motifs is 1. The van der Waals surface area contributed by atoms with Gasteiger partial charge in [0, 0.05) is 16.5 Å². The number of hydrogen-bond donors (Lipinski definition) is 2. The van der Waals surface area contributed by atoms with E-state index in [1.54, 1.807) is 0 Å². The summed E-state index contributed by atoms with van der Waals surface area (Å²) in [5.74, 6) is -0.781. The Morgan fingerprint density at radius 2 is 2.03 bits per heavy atom. The zero-order valence-corrected chi connectivity index (χ0v) is 17.7. The Balaban J connectivity index is 1.48. The van der Waals surface area contributed by atoms with Crippen molar-refractivity contribution in [3.05, 3.63) is 63.9 Å². The van der Waals surface area contributed by atoms with Gasteiger partial charge in [-0.1, -0.05) is 28.1 Å². The second kappa shape index (κ2) is 7.71. The Morgan fingerprint density at radius 1 is 1.30 bits per heavy atom. The van der Waals surface area contributed by atoms with Gasteiger partial charge in [0.2, 0.25) is 5.91 Å². The summed E-state index contributed by atoms with van der Waals surface area (Å²) in [5.41, 5.74) is -0.0908. The molecule has 1 saturated heterocycles. The van der Waals surface area contributed by atoms with Gasteiger partial charge in [0.15, 0.2) is 0 Å². The smallest absolute Gasteiger partial charge is 0.325 e. The molecule has 0 aromatic heterocycles. The molecule has 156 valence electrons. The molecule has 0 radical (unpaired) electrons. The first kappa shape index (κ1) is 20.3. The molecule has 0 saturated carbocycles. The number of ether oxygens (including phenoxy) is 1. The standard InChI is InChI=1S/C21H19BrFN3O4/c1-21(12-2-5-14(23)6-3-12)19(28)26(20(29)25-21)11-18(27)24-16-8-9-30-17-7-4-13(22)10-15(16)17/h2-7,10,16H,8-9,11H2,1H3,(H,24,27)(H,25,29). The number of amides is 4. The number of hydrogen-bond acceptors (Lipinski definition) is 4. The first-order valence-corrected chi connectivity index (χ1v) is 10.2. The molecular weight excluding hydrogens is 457 g/mol. The van der Waals surface area contributed by atoms with Gasteiger partial charge in [0.1, 0.15) is 23.7 Å². The van der Waals surface area contributed by atoms with E-state index in [2.05, 4.69) is 26.6 Å². The zero-order chi connectivity index (χ0) is 21.5. The predicted molar refractivity (Wildman–Crippen MR) is 109 cm³/mol. The molecule has 2 aromatic rings. The molecule has 4 amide bonds. The molecular formula is C21H19BrFN3O4. The third-order valence-corrected chi connectivity index (χ3v) is 5.84. The molecule has 2 N–H and O–H groups in total. The van der Waals surface area contributed by atoms with Crippen LogP contribution in [0.5, 0.6) is 5.75 Å². The number of nitrogens with zero attached hydrogens (tertiary/aromatic N) is 1. The average molecular weight is 476 g/mol. The maximum atomic E-state index is 13.2. The van der Waals surface area contributed by atoms with Crippen LogP contribution in [0.25, 0.3) is 0 Å². The van der Waals surface area contributed by atoms with Crippen LogP contribution in [-0.4, -0.2) is 35.9 Å². The highest BCUT2D eigenvalue weighted by molar-refractivity contribution is 9.10. The summed E-state index contributed by atoms with van der Waals surface area (Å²) >= 11 is 3.41. The number of urea groups is 1. The quantitative estimate of drug-likeness (QED) is 0.665. The minimum Gasteiger partial charge on any atom is -0.493 e.